The van der Waals surface area contributed by atoms with E-state index in [1.165, 1.54) is 12.0 Å². The highest BCUT2D eigenvalue weighted by Gasteiger charge is 2.58. The number of hydrogen-bond acceptors (Lipinski definition) is 11. The molecule has 4 amide bonds. The first-order valence-corrected chi connectivity index (χ1v) is 22.6. The van der Waals surface area contributed by atoms with Gasteiger partial charge in [-0.05, 0) is 120 Å². The van der Waals surface area contributed by atoms with Gasteiger partial charge in [0.25, 0.3) is 0 Å². The number of amides is 4. The van der Waals surface area contributed by atoms with Crippen LogP contribution in [0.3, 0.4) is 0 Å². The van der Waals surface area contributed by atoms with E-state index in [4.69, 9.17) is 23.7 Å². The number of methoxy groups -OCH3 is 1. The molecule has 0 radical (unpaired) electrons. The molecule has 346 valence electrons. The topological polar surface area (TPSA) is 199 Å². The van der Waals surface area contributed by atoms with Gasteiger partial charge >= 0.3 is 24.1 Å². The summed E-state index contributed by atoms with van der Waals surface area (Å²) >= 11 is 0. The molecule has 2 saturated carbocycles. The Balaban J connectivity index is 0.000000231. The molecule has 0 aromatic heterocycles. The lowest BCUT2D eigenvalue weighted by atomic mass is 9.83. The van der Waals surface area contributed by atoms with Gasteiger partial charge in [-0.1, -0.05) is 38.5 Å². The monoisotopic (exact) mass is 863 g/mol. The largest absolute Gasteiger partial charge is 0.480 e. The lowest BCUT2D eigenvalue weighted by Crippen LogP contribution is -2.56. The van der Waals surface area contributed by atoms with Gasteiger partial charge < -0.3 is 49.2 Å². The number of carboxylic acids is 1. The number of alkyl carbamates (subject to hydrolysis) is 2. The smallest absolute Gasteiger partial charge is 0.408 e. The molecule has 2 aliphatic carbocycles. The second kappa shape index (κ2) is 19.0. The first-order chi connectivity index (χ1) is 28.3. The average molecular weight is 863 g/mol. The van der Waals surface area contributed by atoms with Crippen molar-refractivity contribution in [2.24, 2.45) is 23.7 Å². The summed E-state index contributed by atoms with van der Waals surface area (Å²) in [6.45, 7) is 19.1. The van der Waals surface area contributed by atoms with E-state index in [0.29, 0.717) is 19.4 Å². The van der Waals surface area contributed by atoms with Crippen LogP contribution in [0.5, 0.6) is 0 Å². The van der Waals surface area contributed by atoms with Crippen LogP contribution in [0.15, 0.2) is 0 Å². The van der Waals surface area contributed by atoms with Crippen molar-refractivity contribution < 1.29 is 57.6 Å². The van der Waals surface area contributed by atoms with Crippen molar-refractivity contribution >= 4 is 35.9 Å². The zero-order chi connectivity index (χ0) is 45.2. The molecule has 4 aliphatic heterocycles. The molecule has 16 heteroatoms. The summed E-state index contributed by atoms with van der Waals surface area (Å²) in [5, 5.41) is 15.5. The summed E-state index contributed by atoms with van der Waals surface area (Å²) in [5.74, 6) is -2.38. The standard InChI is InChI=1S/C23H38N2O6.C22H36N2O6/c1-22(2,3)31-21(28)24-17(14-10-8-7-9-11-14)19(26)25-13-16-15(12-23(4,5)30-16)18(25)20(27)29-6;1-21(2,3)30-20(28)23-16(13-9-7-6-8-10-13)18(25)24-12-15-14(17(24)19(26)27)11-22(4,5)29-15/h14-18H,7-13H2,1-6H3,(H,24,28);13-17H,6-12H2,1-5H3,(H,23,28)(H,26,27)/t15-,16?,17-,18-;14-,15?,16-,17-/m00/s1. The zero-order valence-corrected chi connectivity index (χ0v) is 38.5. The van der Waals surface area contributed by atoms with Gasteiger partial charge in [0.2, 0.25) is 11.8 Å². The van der Waals surface area contributed by atoms with Gasteiger partial charge in [-0.15, -0.1) is 0 Å². The first-order valence-electron chi connectivity index (χ1n) is 22.6. The molecule has 6 aliphatic rings. The maximum Gasteiger partial charge on any atom is 0.408 e. The first kappa shape index (κ1) is 48.4. The molecule has 0 bridgehead atoms. The molecule has 3 N–H and O–H groups in total. The lowest BCUT2D eigenvalue weighted by molar-refractivity contribution is -0.154. The van der Waals surface area contributed by atoms with Crippen molar-refractivity contribution in [3.63, 3.8) is 0 Å². The van der Waals surface area contributed by atoms with Crippen LogP contribution in [-0.4, -0.2) is 130 Å². The van der Waals surface area contributed by atoms with Gasteiger partial charge in [0.1, 0.15) is 35.4 Å². The van der Waals surface area contributed by atoms with Crippen LogP contribution in [0.1, 0.15) is 146 Å². The van der Waals surface area contributed by atoms with Crippen LogP contribution in [0.25, 0.3) is 0 Å². The fourth-order valence-electron chi connectivity index (χ4n) is 10.7. The van der Waals surface area contributed by atoms with Crippen molar-refractivity contribution in [1.29, 1.82) is 0 Å². The molecular weight excluding hydrogens is 789 g/mol. The quantitative estimate of drug-likeness (QED) is 0.191. The summed E-state index contributed by atoms with van der Waals surface area (Å²) in [7, 11) is 1.34. The summed E-state index contributed by atoms with van der Waals surface area (Å²) < 4.78 is 28.1. The lowest BCUT2D eigenvalue weighted by Gasteiger charge is -2.35. The molecule has 0 aromatic carbocycles. The number of rotatable bonds is 8. The van der Waals surface area contributed by atoms with Crippen LogP contribution in [0, 0.1) is 23.7 Å². The van der Waals surface area contributed by atoms with Crippen molar-refractivity contribution in [1.82, 2.24) is 20.4 Å². The van der Waals surface area contributed by atoms with Gasteiger partial charge in [0, 0.05) is 24.9 Å². The maximum atomic E-state index is 13.8. The molecular formula is C45H74N4O12. The number of nitrogens with zero attached hydrogens (tertiary/aromatic N) is 2. The van der Waals surface area contributed by atoms with E-state index in [1.807, 2.05) is 27.7 Å². The van der Waals surface area contributed by atoms with Gasteiger partial charge in [0.05, 0.1) is 30.5 Å². The van der Waals surface area contributed by atoms with Crippen LogP contribution < -0.4 is 10.6 Å². The molecule has 0 aromatic rings. The summed E-state index contributed by atoms with van der Waals surface area (Å²) in [5.41, 5.74) is -2.08. The minimum absolute atomic E-state index is 0.0184. The number of hydrogen-bond donors (Lipinski definition) is 3. The predicted molar refractivity (Wildman–Crippen MR) is 224 cm³/mol. The number of nitrogens with one attached hydrogen (secondary N) is 2. The highest BCUT2D eigenvalue weighted by molar-refractivity contribution is 5.91. The Hall–Kier alpha value is -3.66. The van der Waals surface area contributed by atoms with E-state index in [0.717, 1.165) is 64.2 Å². The number of likely N-dealkylation sites (tertiary alicyclic amines) is 2. The maximum absolute atomic E-state index is 13.8. The normalized spacial score (nSPS) is 29.6. The molecule has 0 spiro atoms. The zero-order valence-electron chi connectivity index (χ0n) is 38.5. The van der Waals surface area contributed by atoms with E-state index in [9.17, 15) is 33.9 Å². The number of carboxylic acid groups (broad SMARTS) is 1. The van der Waals surface area contributed by atoms with Crippen LogP contribution >= 0.6 is 0 Å². The average Bonchev–Trinajstić information content (AvgIpc) is 3.85. The van der Waals surface area contributed by atoms with Gasteiger partial charge in [-0.3, -0.25) is 9.59 Å². The minimum atomic E-state index is -1.02. The third-order valence-electron chi connectivity index (χ3n) is 13.0. The Bertz CT molecular complexity index is 1610. The number of esters is 1. The third-order valence-corrected chi connectivity index (χ3v) is 13.0. The second-order valence-electron chi connectivity index (χ2n) is 21.3. The number of aliphatic carboxylic acids is 1. The highest BCUT2D eigenvalue weighted by atomic mass is 16.6. The summed E-state index contributed by atoms with van der Waals surface area (Å²) in [6.07, 6.45) is 9.16. The predicted octanol–water partition coefficient (Wildman–Crippen LogP) is 5.97. The van der Waals surface area contributed by atoms with Crippen LogP contribution in [0.2, 0.25) is 0 Å². The van der Waals surface area contributed by atoms with Crippen molar-refractivity contribution in [3.05, 3.63) is 0 Å². The number of carbonyl (C=O) groups excluding carboxylic acids is 5. The fourth-order valence-corrected chi connectivity index (χ4v) is 10.7. The van der Waals surface area contributed by atoms with E-state index < -0.39 is 65.1 Å². The Morgan fingerprint density at radius 2 is 0.984 bits per heavy atom. The fraction of sp³-hybridized carbons (Fsp3) is 0.867. The molecule has 61 heavy (non-hydrogen) atoms. The minimum Gasteiger partial charge on any atom is -0.480 e. The van der Waals surface area contributed by atoms with Crippen LogP contribution in [0.4, 0.5) is 9.59 Å². The Labute approximate surface area is 362 Å². The van der Waals surface area contributed by atoms with Gasteiger partial charge in [-0.25, -0.2) is 19.2 Å². The van der Waals surface area contributed by atoms with Crippen molar-refractivity contribution in [3.8, 4) is 0 Å². The Morgan fingerprint density at radius 1 is 0.623 bits per heavy atom. The molecule has 4 heterocycles. The Morgan fingerprint density at radius 3 is 1.33 bits per heavy atom. The Kier molecular flexibility index (Phi) is 15.1. The molecule has 8 atom stereocenters. The number of carbonyl (C=O) groups is 6. The SMILES string of the molecule is CC(C)(C)OC(=O)N[C@H](C(=O)N1CC2OC(C)(C)C[C@@H]2[C@H]1C(=O)O)C1CCCCC1.COC(=O)[C@@H]1[C@H]2CC(C)(C)OC2CN1C(=O)[C@@H](NC(=O)OC(C)(C)C)C1CCCCC1. The van der Waals surface area contributed by atoms with E-state index in [-0.39, 0.29) is 59.8 Å². The van der Waals surface area contributed by atoms with Crippen LogP contribution in [-0.2, 0) is 42.9 Å². The third kappa shape index (κ3) is 12.3. The van der Waals surface area contributed by atoms with Gasteiger partial charge in [-0.2, -0.15) is 0 Å². The molecule has 6 fully saturated rings. The van der Waals surface area contributed by atoms with E-state index in [1.54, 1.807) is 46.4 Å². The number of ether oxygens (including phenoxy) is 5. The van der Waals surface area contributed by atoms with Crippen molar-refractivity contribution in [2.45, 2.75) is 205 Å². The molecule has 2 unspecified atom stereocenters. The van der Waals surface area contributed by atoms with E-state index in [2.05, 4.69) is 10.6 Å². The summed E-state index contributed by atoms with van der Waals surface area (Å²) in [4.78, 5) is 80.2. The highest BCUT2D eigenvalue weighted by Crippen LogP contribution is 2.45. The summed E-state index contributed by atoms with van der Waals surface area (Å²) in [6, 6.07) is -3.14. The molecule has 4 saturated heterocycles. The van der Waals surface area contributed by atoms with Gasteiger partial charge in [0.15, 0.2) is 0 Å². The second-order valence-corrected chi connectivity index (χ2v) is 21.3. The molecule has 6 rings (SSSR count). The van der Waals surface area contributed by atoms with Crippen molar-refractivity contribution in [2.75, 3.05) is 20.2 Å². The number of fused-ring (bicyclic) bond motifs is 2. The van der Waals surface area contributed by atoms with E-state index >= 15 is 0 Å². The molecule has 16 nitrogen and oxygen atoms in total.